The van der Waals surface area contributed by atoms with E-state index in [-0.39, 0.29) is 24.3 Å². The Kier molecular flexibility index (Phi) is 5.22. The molecule has 1 aliphatic heterocycles. The van der Waals surface area contributed by atoms with Crippen molar-refractivity contribution in [1.29, 1.82) is 0 Å². The van der Waals surface area contributed by atoms with Crippen molar-refractivity contribution in [3.63, 3.8) is 0 Å². The lowest BCUT2D eigenvalue weighted by atomic mass is 9.95. The number of anilines is 1. The number of pyridine rings is 1. The van der Waals surface area contributed by atoms with Crippen LogP contribution in [0.4, 0.5) is 5.00 Å². The summed E-state index contributed by atoms with van der Waals surface area (Å²) in [6.45, 7) is 1.34. The zero-order valence-electron chi connectivity index (χ0n) is 15.1. The van der Waals surface area contributed by atoms with Crippen LogP contribution in [0.5, 0.6) is 0 Å². The van der Waals surface area contributed by atoms with E-state index in [0.717, 1.165) is 37.7 Å². The molecule has 2 aromatic heterocycles. The van der Waals surface area contributed by atoms with Gasteiger partial charge in [0.05, 0.1) is 11.1 Å². The van der Waals surface area contributed by atoms with E-state index in [1.807, 2.05) is 4.90 Å². The van der Waals surface area contributed by atoms with E-state index in [0.29, 0.717) is 29.2 Å². The second kappa shape index (κ2) is 7.78. The van der Waals surface area contributed by atoms with Crippen LogP contribution in [0.2, 0.25) is 0 Å². The molecular weight excluding hydrogens is 362 g/mol. The van der Waals surface area contributed by atoms with Gasteiger partial charge < -0.3 is 15.3 Å². The van der Waals surface area contributed by atoms with Crippen LogP contribution in [0.3, 0.4) is 0 Å². The fourth-order valence-corrected chi connectivity index (χ4v) is 5.15. The molecule has 2 amide bonds. The second-order valence-corrected chi connectivity index (χ2v) is 8.30. The minimum atomic E-state index is -0.245. The average Bonchev–Trinajstić information content (AvgIpc) is 3.32. The van der Waals surface area contributed by atoms with Gasteiger partial charge in [-0.05, 0) is 49.8 Å². The summed E-state index contributed by atoms with van der Waals surface area (Å²) in [5.41, 5.74) is 2.24. The summed E-state index contributed by atoms with van der Waals surface area (Å²) in [6.07, 6.45) is 8.01. The lowest BCUT2D eigenvalue weighted by Gasteiger charge is -2.19. The fraction of sp³-hybridized carbons (Fsp3) is 0.450. The number of likely N-dealkylation sites (tertiary alicyclic amines) is 1. The highest BCUT2D eigenvalue weighted by Crippen LogP contribution is 2.39. The van der Waals surface area contributed by atoms with E-state index in [9.17, 15) is 14.7 Å². The number of aliphatic hydroxyl groups excluding tert-OH is 1. The topological polar surface area (TPSA) is 82.5 Å². The van der Waals surface area contributed by atoms with E-state index >= 15 is 0 Å². The number of aliphatic hydroxyl groups is 1. The zero-order chi connectivity index (χ0) is 18.8. The minimum absolute atomic E-state index is 0.0214. The number of hydrogen-bond acceptors (Lipinski definition) is 5. The number of rotatable bonds is 4. The van der Waals surface area contributed by atoms with Gasteiger partial charge >= 0.3 is 0 Å². The van der Waals surface area contributed by atoms with E-state index in [1.165, 1.54) is 22.4 Å². The maximum atomic E-state index is 13.3. The number of aromatic nitrogens is 1. The second-order valence-electron chi connectivity index (χ2n) is 7.20. The van der Waals surface area contributed by atoms with Gasteiger partial charge in [-0.3, -0.25) is 14.6 Å². The standard InChI is InChI=1S/C20H23N3O3S/c24-12-13-7-9-23(11-13)20(26)17-15-5-1-2-6-16(15)27-19(17)22-18(25)14-4-3-8-21-10-14/h3-4,8,10,13,24H,1-2,5-7,9,11-12H2,(H,22,25). The number of nitrogens with one attached hydrogen (secondary N) is 1. The molecule has 1 fully saturated rings. The first-order valence-electron chi connectivity index (χ1n) is 9.43. The Morgan fingerprint density at radius 3 is 2.93 bits per heavy atom. The first kappa shape index (κ1) is 18.1. The SMILES string of the molecule is O=C(Nc1sc2c(c1C(=O)N1CCC(CO)C1)CCCC2)c1cccnc1. The van der Waals surface area contributed by atoms with E-state index in [1.54, 1.807) is 18.3 Å². The summed E-state index contributed by atoms with van der Waals surface area (Å²) >= 11 is 1.53. The van der Waals surface area contributed by atoms with Crippen LogP contribution in [0.15, 0.2) is 24.5 Å². The first-order chi connectivity index (χ1) is 13.2. The molecule has 1 aliphatic carbocycles. The van der Waals surface area contributed by atoms with Crippen LogP contribution in [-0.2, 0) is 12.8 Å². The van der Waals surface area contributed by atoms with Crippen LogP contribution in [-0.4, -0.2) is 46.5 Å². The molecule has 0 radical (unpaired) electrons. The van der Waals surface area contributed by atoms with Crippen molar-refractivity contribution >= 4 is 28.2 Å². The number of thiophene rings is 1. The van der Waals surface area contributed by atoms with Crippen LogP contribution >= 0.6 is 11.3 Å². The molecule has 2 aromatic rings. The number of aryl methyl sites for hydroxylation is 1. The Bertz CT molecular complexity index is 850. The molecule has 3 heterocycles. The lowest BCUT2D eigenvalue weighted by Crippen LogP contribution is -2.30. The largest absolute Gasteiger partial charge is 0.396 e. The summed E-state index contributed by atoms with van der Waals surface area (Å²) in [5.74, 6) is -0.117. The summed E-state index contributed by atoms with van der Waals surface area (Å²) in [4.78, 5) is 32.9. The Hall–Kier alpha value is -2.25. The quantitative estimate of drug-likeness (QED) is 0.848. The summed E-state index contributed by atoms with van der Waals surface area (Å²) in [7, 11) is 0. The fourth-order valence-electron chi connectivity index (χ4n) is 3.88. The Labute approximate surface area is 162 Å². The molecule has 27 heavy (non-hydrogen) atoms. The molecule has 0 saturated carbocycles. The molecule has 4 rings (SSSR count). The van der Waals surface area contributed by atoms with Crippen molar-refractivity contribution in [2.75, 3.05) is 25.0 Å². The molecule has 2 aliphatic rings. The first-order valence-corrected chi connectivity index (χ1v) is 10.2. The number of fused-ring (bicyclic) bond motifs is 1. The molecule has 0 spiro atoms. The third-order valence-electron chi connectivity index (χ3n) is 5.37. The van der Waals surface area contributed by atoms with E-state index in [4.69, 9.17) is 0 Å². The van der Waals surface area contributed by atoms with Crippen LogP contribution in [0.25, 0.3) is 0 Å². The normalized spacial score (nSPS) is 19.0. The third-order valence-corrected chi connectivity index (χ3v) is 6.57. The monoisotopic (exact) mass is 385 g/mol. The van der Waals surface area contributed by atoms with Gasteiger partial charge in [0, 0.05) is 42.9 Å². The van der Waals surface area contributed by atoms with Crippen molar-refractivity contribution in [3.8, 4) is 0 Å². The zero-order valence-corrected chi connectivity index (χ0v) is 15.9. The highest BCUT2D eigenvalue weighted by Gasteiger charge is 2.32. The molecule has 1 atom stereocenters. The molecular formula is C20H23N3O3S. The van der Waals surface area contributed by atoms with Crippen molar-refractivity contribution in [3.05, 3.63) is 46.1 Å². The van der Waals surface area contributed by atoms with Crippen molar-refractivity contribution < 1.29 is 14.7 Å². The van der Waals surface area contributed by atoms with Crippen LogP contribution < -0.4 is 5.32 Å². The van der Waals surface area contributed by atoms with Gasteiger partial charge in [-0.15, -0.1) is 11.3 Å². The number of hydrogen-bond donors (Lipinski definition) is 2. The van der Waals surface area contributed by atoms with Crippen LogP contribution in [0.1, 0.15) is 50.4 Å². The maximum absolute atomic E-state index is 13.3. The number of nitrogens with zero attached hydrogens (tertiary/aromatic N) is 2. The van der Waals surface area contributed by atoms with Crippen molar-refractivity contribution in [1.82, 2.24) is 9.88 Å². The van der Waals surface area contributed by atoms with Gasteiger partial charge in [0.1, 0.15) is 5.00 Å². The van der Waals surface area contributed by atoms with Gasteiger partial charge in [-0.2, -0.15) is 0 Å². The molecule has 6 nitrogen and oxygen atoms in total. The summed E-state index contributed by atoms with van der Waals surface area (Å²) in [5, 5.41) is 13.0. The van der Waals surface area contributed by atoms with Gasteiger partial charge in [-0.25, -0.2) is 0 Å². The van der Waals surface area contributed by atoms with Gasteiger partial charge in [0.15, 0.2) is 0 Å². The van der Waals surface area contributed by atoms with Gasteiger partial charge in [-0.1, -0.05) is 0 Å². The molecule has 2 N–H and O–H groups in total. The van der Waals surface area contributed by atoms with Crippen molar-refractivity contribution in [2.45, 2.75) is 32.1 Å². The van der Waals surface area contributed by atoms with Gasteiger partial charge in [0.2, 0.25) is 0 Å². The lowest BCUT2D eigenvalue weighted by molar-refractivity contribution is 0.0782. The average molecular weight is 385 g/mol. The Balaban J connectivity index is 1.64. The van der Waals surface area contributed by atoms with E-state index < -0.39 is 0 Å². The highest BCUT2D eigenvalue weighted by molar-refractivity contribution is 7.17. The number of amides is 2. The summed E-state index contributed by atoms with van der Waals surface area (Å²) < 4.78 is 0. The third kappa shape index (κ3) is 3.61. The minimum Gasteiger partial charge on any atom is -0.396 e. The van der Waals surface area contributed by atoms with E-state index in [2.05, 4.69) is 10.3 Å². The Morgan fingerprint density at radius 1 is 1.33 bits per heavy atom. The molecule has 7 heteroatoms. The molecule has 1 saturated heterocycles. The molecule has 0 bridgehead atoms. The highest BCUT2D eigenvalue weighted by atomic mass is 32.1. The molecule has 0 aromatic carbocycles. The number of carbonyl (C=O) groups excluding carboxylic acids is 2. The smallest absolute Gasteiger partial charge is 0.257 e. The van der Waals surface area contributed by atoms with Crippen LogP contribution in [0, 0.1) is 5.92 Å². The summed E-state index contributed by atoms with van der Waals surface area (Å²) in [6, 6.07) is 3.43. The molecule has 1 unspecified atom stereocenters. The Morgan fingerprint density at radius 2 is 2.19 bits per heavy atom. The predicted octanol–water partition coefficient (Wildman–Crippen LogP) is 2.73. The van der Waals surface area contributed by atoms with Gasteiger partial charge in [0.25, 0.3) is 11.8 Å². The number of carbonyl (C=O) groups is 2. The van der Waals surface area contributed by atoms with Crippen molar-refractivity contribution in [2.24, 2.45) is 5.92 Å². The predicted molar refractivity (Wildman–Crippen MR) is 104 cm³/mol. The maximum Gasteiger partial charge on any atom is 0.257 e. The molecule has 142 valence electrons.